The summed E-state index contributed by atoms with van der Waals surface area (Å²) in [5, 5.41) is 4.12. The molecule has 2 aromatic heterocycles. The van der Waals surface area contributed by atoms with Gasteiger partial charge in [-0.2, -0.15) is 0 Å². The Bertz CT molecular complexity index is 1230. The average molecular weight is 498 g/mol. The van der Waals surface area contributed by atoms with E-state index in [0.29, 0.717) is 11.7 Å². The van der Waals surface area contributed by atoms with Gasteiger partial charge in [0, 0.05) is 11.5 Å². The monoisotopic (exact) mass is 497 g/mol. The van der Waals surface area contributed by atoms with Crippen molar-refractivity contribution in [2.45, 2.75) is 81.5 Å². The van der Waals surface area contributed by atoms with Gasteiger partial charge in [-0.15, -0.1) is 11.3 Å². The van der Waals surface area contributed by atoms with Crippen LogP contribution in [-0.4, -0.2) is 33.4 Å². The Morgan fingerprint density at radius 2 is 2.03 bits per heavy atom. The van der Waals surface area contributed by atoms with Gasteiger partial charge in [0.1, 0.15) is 4.83 Å². The number of carbonyl (C=O) groups excluding carboxylic acids is 1. The molecular weight excluding hydrogens is 466 g/mol. The van der Waals surface area contributed by atoms with E-state index in [1.54, 1.807) is 15.9 Å². The van der Waals surface area contributed by atoms with E-state index in [-0.39, 0.29) is 28.9 Å². The predicted octanol–water partition coefficient (Wildman–Crippen LogP) is 4.87. The van der Waals surface area contributed by atoms with Crippen molar-refractivity contribution in [3.63, 3.8) is 0 Å². The quantitative estimate of drug-likeness (QED) is 0.372. The van der Waals surface area contributed by atoms with Gasteiger partial charge in [0.2, 0.25) is 5.91 Å². The summed E-state index contributed by atoms with van der Waals surface area (Å²) in [6.45, 7) is 5.09. The summed E-state index contributed by atoms with van der Waals surface area (Å²) < 4.78 is 7.63. The number of aromatic nitrogens is 2. The van der Waals surface area contributed by atoms with Crippen LogP contribution in [0.3, 0.4) is 0 Å². The molecule has 34 heavy (non-hydrogen) atoms. The number of nitrogens with one attached hydrogen (secondary N) is 1. The maximum atomic E-state index is 13.7. The molecule has 0 radical (unpaired) electrons. The van der Waals surface area contributed by atoms with Gasteiger partial charge < -0.3 is 10.1 Å². The fourth-order valence-electron chi connectivity index (χ4n) is 4.83. The van der Waals surface area contributed by atoms with Gasteiger partial charge in [0.15, 0.2) is 5.16 Å². The predicted molar refractivity (Wildman–Crippen MR) is 138 cm³/mol. The molecule has 1 aliphatic heterocycles. The van der Waals surface area contributed by atoms with Crippen LogP contribution in [0.4, 0.5) is 0 Å². The van der Waals surface area contributed by atoms with E-state index >= 15 is 0 Å². The molecule has 0 bridgehead atoms. The van der Waals surface area contributed by atoms with Gasteiger partial charge in [0.25, 0.3) is 5.56 Å². The molecule has 1 aromatic carbocycles. The van der Waals surface area contributed by atoms with Crippen LogP contribution in [-0.2, 0) is 28.9 Å². The number of thioether (sulfide) groups is 1. The lowest BCUT2D eigenvalue weighted by Gasteiger charge is -2.20. The van der Waals surface area contributed by atoms with Crippen LogP contribution in [0.1, 0.15) is 61.6 Å². The molecule has 0 saturated carbocycles. The highest BCUT2D eigenvalue weighted by Gasteiger charge is 2.27. The third kappa shape index (κ3) is 4.81. The smallest absolute Gasteiger partial charge is 0.263 e. The number of thiophene rings is 1. The van der Waals surface area contributed by atoms with E-state index in [0.717, 1.165) is 54.5 Å². The summed E-state index contributed by atoms with van der Waals surface area (Å²) in [6.07, 6.45) is 6.25. The van der Waals surface area contributed by atoms with E-state index < -0.39 is 0 Å². The molecule has 1 N–H and O–H groups in total. The lowest BCUT2D eigenvalue weighted by molar-refractivity contribution is -0.120. The molecule has 8 heteroatoms. The Balaban J connectivity index is 1.43. The van der Waals surface area contributed by atoms with Crippen LogP contribution in [0.5, 0.6) is 0 Å². The first kappa shape index (κ1) is 23.6. The SMILES string of the molecule is C[C@H](Sc1nc2sc3c(c2c(=O)n1C[C@H]1CCCO1)CCCC3)C(=O)N[C@@H](C)c1ccccc1. The molecule has 1 fully saturated rings. The van der Waals surface area contributed by atoms with Crippen molar-refractivity contribution in [3.8, 4) is 0 Å². The number of rotatable bonds is 7. The van der Waals surface area contributed by atoms with Crippen LogP contribution in [0, 0.1) is 0 Å². The molecule has 0 unspecified atom stereocenters. The molecule has 1 aliphatic carbocycles. The summed E-state index contributed by atoms with van der Waals surface area (Å²) in [5.41, 5.74) is 2.28. The number of fused-ring (bicyclic) bond motifs is 3. The molecule has 5 rings (SSSR count). The molecular formula is C26H31N3O3S2. The first-order chi connectivity index (χ1) is 16.5. The van der Waals surface area contributed by atoms with Crippen molar-refractivity contribution in [2.75, 3.05) is 6.61 Å². The van der Waals surface area contributed by atoms with Crippen molar-refractivity contribution in [2.24, 2.45) is 0 Å². The number of benzene rings is 1. The standard InChI is InChI=1S/C26H31N3O3S2/c1-16(18-9-4-3-5-10-18)27-23(30)17(2)33-26-28-24-22(20-12-6-7-13-21(20)34-24)25(31)29(26)15-19-11-8-14-32-19/h3-5,9-10,16-17,19H,6-8,11-15H2,1-2H3,(H,27,30)/t16-,17-,19+/m0/s1. The Kier molecular flexibility index (Phi) is 7.09. The van der Waals surface area contributed by atoms with E-state index in [1.807, 2.05) is 44.2 Å². The number of amides is 1. The van der Waals surface area contributed by atoms with E-state index in [1.165, 1.54) is 28.6 Å². The fraction of sp³-hybridized carbons (Fsp3) is 0.500. The van der Waals surface area contributed by atoms with Crippen molar-refractivity contribution in [3.05, 3.63) is 56.7 Å². The Hall–Kier alpha value is -2.16. The zero-order chi connectivity index (χ0) is 23.7. The van der Waals surface area contributed by atoms with E-state index in [9.17, 15) is 9.59 Å². The van der Waals surface area contributed by atoms with E-state index in [2.05, 4.69) is 5.32 Å². The number of hydrogen-bond acceptors (Lipinski definition) is 6. The molecule has 3 atom stereocenters. The van der Waals surface area contributed by atoms with Crippen LogP contribution in [0.25, 0.3) is 10.2 Å². The van der Waals surface area contributed by atoms with Gasteiger partial charge in [-0.25, -0.2) is 4.98 Å². The molecule has 0 spiro atoms. The van der Waals surface area contributed by atoms with Crippen LogP contribution in [0.15, 0.2) is 40.3 Å². The highest BCUT2D eigenvalue weighted by Crippen LogP contribution is 2.35. The normalized spacial score (nSPS) is 19.6. The fourth-order valence-corrected chi connectivity index (χ4v) is 7.06. The number of ether oxygens (including phenoxy) is 1. The van der Waals surface area contributed by atoms with Crippen molar-refractivity contribution >= 4 is 39.2 Å². The largest absolute Gasteiger partial charge is 0.376 e. The summed E-state index contributed by atoms with van der Waals surface area (Å²) in [7, 11) is 0. The van der Waals surface area contributed by atoms with Gasteiger partial charge in [-0.3, -0.25) is 14.2 Å². The van der Waals surface area contributed by atoms with Crippen molar-refractivity contribution in [1.82, 2.24) is 14.9 Å². The van der Waals surface area contributed by atoms with E-state index in [4.69, 9.17) is 9.72 Å². The lowest BCUT2D eigenvalue weighted by atomic mass is 9.97. The number of nitrogens with zero attached hydrogens (tertiary/aromatic N) is 2. The van der Waals surface area contributed by atoms with Crippen molar-refractivity contribution < 1.29 is 9.53 Å². The van der Waals surface area contributed by atoms with Crippen molar-refractivity contribution in [1.29, 1.82) is 0 Å². The van der Waals surface area contributed by atoms with Gasteiger partial charge in [-0.05, 0) is 63.5 Å². The number of carbonyl (C=O) groups is 1. The number of hydrogen-bond donors (Lipinski definition) is 1. The van der Waals surface area contributed by atoms with Crippen LogP contribution < -0.4 is 10.9 Å². The second kappa shape index (κ2) is 10.2. The third-order valence-electron chi connectivity index (χ3n) is 6.76. The summed E-state index contributed by atoms with van der Waals surface area (Å²) in [6, 6.07) is 9.84. The first-order valence-corrected chi connectivity index (χ1v) is 13.9. The minimum Gasteiger partial charge on any atom is -0.376 e. The first-order valence-electron chi connectivity index (χ1n) is 12.2. The molecule has 2 aliphatic rings. The molecule has 1 amide bonds. The summed E-state index contributed by atoms with van der Waals surface area (Å²) >= 11 is 3.02. The zero-order valence-electron chi connectivity index (χ0n) is 19.7. The van der Waals surface area contributed by atoms with Crippen LogP contribution in [0.2, 0.25) is 0 Å². The van der Waals surface area contributed by atoms with Gasteiger partial charge >= 0.3 is 0 Å². The second-order valence-electron chi connectivity index (χ2n) is 9.24. The average Bonchev–Trinajstić information content (AvgIpc) is 3.49. The molecule has 1 saturated heterocycles. The third-order valence-corrected chi connectivity index (χ3v) is 9.04. The molecule has 180 valence electrons. The van der Waals surface area contributed by atoms with Gasteiger partial charge in [-0.1, -0.05) is 42.1 Å². The highest BCUT2D eigenvalue weighted by molar-refractivity contribution is 8.00. The summed E-state index contributed by atoms with van der Waals surface area (Å²) in [5.74, 6) is -0.0650. The molecule has 6 nitrogen and oxygen atoms in total. The maximum absolute atomic E-state index is 13.7. The number of aryl methyl sites for hydroxylation is 2. The lowest BCUT2D eigenvalue weighted by Crippen LogP contribution is -2.34. The highest BCUT2D eigenvalue weighted by atomic mass is 32.2. The molecule has 3 heterocycles. The topological polar surface area (TPSA) is 73.2 Å². The van der Waals surface area contributed by atoms with Crippen LogP contribution >= 0.6 is 23.1 Å². The zero-order valence-corrected chi connectivity index (χ0v) is 21.3. The maximum Gasteiger partial charge on any atom is 0.263 e. The van der Waals surface area contributed by atoms with Gasteiger partial charge in [0.05, 0.1) is 29.3 Å². The summed E-state index contributed by atoms with van der Waals surface area (Å²) in [4.78, 5) is 33.8. The second-order valence-corrected chi connectivity index (χ2v) is 11.6. The Labute approximate surface area is 208 Å². The Morgan fingerprint density at radius 3 is 2.79 bits per heavy atom. The molecule has 3 aromatic rings. The minimum atomic E-state index is -0.388. The Morgan fingerprint density at radius 1 is 1.24 bits per heavy atom. The minimum absolute atomic E-state index is 0.0210.